The zero-order valence-electron chi connectivity index (χ0n) is 13.6. The summed E-state index contributed by atoms with van der Waals surface area (Å²) in [6.07, 6.45) is 2.57. The highest BCUT2D eigenvalue weighted by molar-refractivity contribution is 5.96. The molecule has 0 aliphatic carbocycles. The highest BCUT2D eigenvalue weighted by Gasteiger charge is 2.19. The number of carbonyl (C=O) groups is 1. The molecule has 0 saturated heterocycles. The first kappa shape index (κ1) is 16.5. The summed E-state index contributed by atoms with van der Waals surface area (Å²) in [6.45, 7) is 0.219. The largest absolute Gasteiger partial charge is 0.462 e. The zero-order valence-corrected chi connectivity index (χ0v) is 13.6. The van der Waals surface area contributed by atoms with Crippen LogP contribution in [0, 0.1) is 11.3 Å². The van der Waals surface area contributed by atoms with Gasteiger partial charge in [0, 0.05) is 18.2 Å². The molecule has 0 radical (unpaired) electrons. The highest BCUT2D eigenvalue weighted by Crippen LogP contribution is 2.24. The van der Waals surface area contributed by atoms with Crippen LogP contribution in [-0.4, -0.2) is 22.4 Å². The van der Waals surface area contributed by atoms with Gasteiger partial charge >= 0.3 is 5.97 Å². The van der Waals surface area contributed by atoms with Gasteiger partial charge in [-0.1, -0.05) is 48.5 Å². The van der Waals surface area contributed by atoms with Crippen LogP contribution in [0.15, 0.2) is 66.9 Å². The van der Waals surface area contributed by atoms with Crippen molar-refractivity contribution in [3.8, 4) is 23.0 Å². The fourth-order valence-electron chi connectivity index (χ4n) is 2.44. The Labute approximate surface area is 146 Å². The van der Waals surface area contributed by atoms with Gasteiger partial charge in [-0.3, -0.25) is 0 Å². The lowest BCUT2D eigenvalue weighted by molar-refractivity contribution is 0.0502. The molecule has 3 rings (SSSR count). The molecule has 0 fully saturated rings. The number of hydrogen-bond donors (Lipinski definition) is 0. The number of ether oxygens (including phenoxy) is 1. The smallest absolute Gasteiger partial charge is 0.342 e. The van der Waals surface area contributed by atoms with Crippen LogP contribution in [-0.2, 0) is 4.74 Å². The summed E-state index contributed by atoms with van der Waals surface area (Å²) in [4.78, 5) is 12.5. The Balaban J connectivity index is 1.93. The topological polar surface area (TPSA) is 67.9 Å². The SMILES string of the molecule is N#CCCCOC(=O)c1cn(-c2ccccc2)nc1-c1ccccc1. The van der Waals surface area contributed by atoms with Gasteiger partial charge in [-0.05, 0) is 18.6 Å². The molecule has 1 heterocycles. The molecule has 0 aliphatic rings. The van der Waals surface area contributed by atoms with E-state index >= 15 is 0 Å². The Morgan fingerprint density at radius 3 is 2.44 bits per heavy atom. The van der Waals surface area contributed by atoms with Crippen LogP contribution in [0.4, 0.5) is 0 Å². The first-order chi connectivity index (χ1) is 12.3. The molecule has 5 heteroatoms. The van der Waals surface area contributed by atoms with Gasteiger partial charge in [0.15, 0.2) is 0 Å². The van der Waals surface area contributed by atoms with E-state index in [1.165, 1.54) is 0 Å². The number of carbonyl (C=O) groups excluding carboxylic acids is 1. The molecule has 2 aromatic carbocycles. The van der Waals surface area contributed by atoms with E-state index in [1.807, 2.05) is 66.7 Å². The van der Waals surface area contributed by atoms with Crippen molar-refractivity contribution in [1.29, 1.82) is 5.26 Å². The maximum absolute atomic E-state index is 12.5. The van der Waals surface area contributed by atoms with Crippen LogP contribution in [0.3, 0.4) is 0 Å². The number of rotatable bonds is 6. The third-order valence-corrected chi connectivity index (χ3v) is 3.67. The van der Waals surface area contributed by atoms with Gasteiger partial charge in [0.2, 0.25) is 0 Å². The molecule has 3 aromatic rings. The molecule has 0 N–H and O–H groups in total. The number of unbranched alkanes of at least 4 members (excludes halogenated alkanes) is 1. The third kappa shape index (κ3) is 3.93. The molecule has 0 unspecified atom stereocenters. The lowest BCUT2D eigenvalue weighted by Crippen LogP contribution is -2.06. The van der Waals surface area contributed by atoms with Gasteiger partial charge in [0.05, 0.1) is 18.4 Å². The van der Waals surface area contributed by atoms with E-state index < -0.39 is 5.97 Å². The van der Waals surface area contributed by atoms with Crippen molar-refractivity contribution in [1.82, 2.24) is 9.78 Å². The number of nitriles is 1. The molecular formula is C20H17N3O2. The average molecular weight is 331 g/mol. The van der Waals surface area contributed by atoms with Crippen LogP contribution in [0.5, 0.6) is 0 Å². The molecule has 0 bridgehead atoms. The van der Waals surface area contributed by atoms with E-state index in [9.17, 15) is 4.79 Å². The summed E-state index contributed by atoms with van der Waals surface area (Å²) < 4.78 is 6.97. The minimum absolute atomic E-state index is 0.219. The van der Waals surface area contributed by atoms with Crippen molar-refractivity contribution < 1.29 is 9.53 Å². The highest BCUT2D eigenvalue weighted by atomic mass is 16.5. The Hall–Kier alpha value is -3.39. The monoisotopic (exact) mass is 331 g/mol. The molecule has 0 atom stereocenters. The zero-order chi connectivity index (χ0) is 17.5. The second kappa shape index (κ2) is 7.93. The van der Waals surface area contributed by atoms with E-state index in [1.54, 1.807) is 10.9 Å². The van der Waals surface area contributed by atoms with Crippen LogP contribution in [0.1, 0.15) is 23.2 Å². The summed E-state index contributed by atoms with van der Waals surface area (Å²) in [7, 11) is 0. The van der Waals surface area contributed by atoms with E-state index in [4.69, 9.17) is 10.00 Å². The van der Waals surface area contributed by atoms with Crippen LogP contribution >= 0.6 is 0 Å². The number of hydrogen-bond acceptors (Lipinski definition) is 4. The molecular weight excluding hydrogens is 314 g/mol. The minimum Gasteiger partial charge on any atom is -0.462 e. The second-order valence-electron chi connectivity index (χ2n) is 5.44. The van der Waals surface area contributed by atoms with E-state index in [-0.39, 0.29) is 6.61 Å². The minimum atomic E-state index is -0.432. The number of esters is 1. The summed E-state index contributed by atoms with van der Waals surface area (Å²) in [5, 5.41) is 13.1. The lowest BCUT2D eigenvalue weighted by atomic mass is 10.1. The van der Waals surface area contributed by atoms with Gasteiger partial charge in [0.1, 0.15) is 11.3 Å². The first-order valence-corrected chi connectivity index (χ1v) is 8.04. The van der Waals surface area contributed by atoms with Crippen molar-refractivity contribution in [2.75, 3.05) is 6.61 Å². The van der Waals surface area contributed by atoms with Crippen molar-refractivity contribution in [2.24, 2.45) is 0 Å². The number of aromatic nitrogens is 2. The van der Waals surface area contributed by atoms with Crippen molar-refractivity contribution in [3.63, 3.8) is 0 Å². The predicted octanol–water partition coefficient (Wildman–Crippen LogP) is 4.00. The molecule has 0 spiro atoms. The fraction of sp³-hybridized carbons (Fsp3) is 0.150. The predicted molar refractivity (Wildman–Crippen MR) is 94.1 cm³/mol. The molecule has 5 nitrogen and oxygen atoms in total. The Kier molecular flexibility index (Phi) is 5.22. The van der Waals surface area contributed by atoms with Crippen LogP contribution in [0.2, 0.25) is 0 Å². The molecule has 0 aliphatic heterocycles. The molecule has 0 saturated carbocycles. The fourth-order valence-corrected chi connectivity index (χ4v) is 2.44. The van der Waals surface area contributed by atoms with Gasteiger partial charge in [-0.25, -0.2) is 9.48 Å². The Morgan fingerprint density at radius 1 is 1.08 bits per heavy atom. The molecule has 25 heavy (non-hydrogen) atoms. The third-order valence-electron chi connectivity index (χ3n) is 3.67. The normalized spacial score (nSPS) is 10.2. The maximum atomic E-state index is 12.5. The lowest BCUT2D eigenvalue weighted by Gasteiger charge is -2.03. The van der Waals surface area contributed by atoms with E-state index in [0.717, 1.165) is 11.3 Å². The van der Waals surface area contributed by atoms with Crippen LogP contribution < -0.4 is 0 Å². The summed E-state index contributed by atoms with van der Waals surface area (Å²) >= 11 is 0. The van der Waals surface area contributed by atoms with Crippen LogP contribution in [0.25, 0.3) is 16.9 Å². The maximum Gasteiger partial charge on any atom is 0.342 e. The summed E-state index contributed by atoms with van der Waals surface area (Å²) in [6, 6.07) is 21.2. The summed E-state index contributed by atoms with van der Waals surface area (Å²) in [5.41, 5.74) is 2.70. The average Bonchev–Trinajstić information content (AvgIpc) is 3.12. The first-order valence-electron chi connectivity index (χ1n) is 8.04. The standard InChI is InChI=1S/C20H17N3O2/c21-13-7-8-14-25-20(24)18-15-23(17-11-5-2-6-12-17)22-19(18)16-9-3-1-4-10-16/h1-6,9-12,15H,7-8,14H2. The summed E-state index contributed by atoms with van der Waals surface area (Å²) in [5.74, 6) is -0.432. The van der Waals surface area contributed by atoms with Crippen molar-refractivity contribution in [3.05, 3.63) is 72.4 Å². The molecule has 1 aromatic heterocycles. The van der Waals surface area contributed by atoms with E-state index in [0.29, 0.717) is 24.1 Å². The van der Waals surface area contributed by atoms with Gasteiger partial charge < -0.3 is 4.74 Å². The number of para-hydroxylation sites is 1. The van der Waals surface area contributed by atoms with Gasteiger partial charge in [-0.15, -0.1) is 0 Å². The number of nitrogens with zero attached hydrogens (tertiary/aromatic N) is 3. The Bertz CT molecular complexity index is 880. The van der Waals surface area contributed by atoms with E-state index in [2.05, 4.69) is 5.10 Å². The molecule has 0 amide bonds. The number of benzene rings is 2. The molecule has 124 valence electrons. The second-order valence-corrected chi connectivity index (χ2v) is 5.44. The quantitative estimate of drug-likeness (QED) is 0.506. The van der Waals surface area contributed by atoms with Gasteiger partial charge in [0.25, 0.3) is 0 Å². The van der Waals surface area contributed by atoms with Crippen molar-refractivity contribution in [2.45, 2.75) is 12.8 Å². The van der Waals surface area contributed by atoms with Gasteiger partial charge in [-0.2, -0.15) is 10.4 Å². The Morgan fingerprint density at radius 2 is 1.76 bits per heavy atom. The van der Waals surface area contributed by atoms with Crippen molar-refractivity contribution >= 4 is 5.97 Å².